The smallest absolute Gasteiger partial charge is 0.132 e. The molecule has 2 aromatic carbocycles. The van der Waals surface area contributed by atoms with Crippen LogP contribution in [0.2, 0.25) is 0 Å². The van der Waals surface area contributed by atoms with Crippen molar-refractivity contribution in [3.63, 3.8) is 0 Å². The van der Waals surface area contributed by atoms with Crippen LogP contribution >= 0.6 is 0 Å². The molecule has 3 heteroatoms. The Kier molecular flexibility index (Phi) is 5.44. The largest absolute Gasteiger partial charge is 0.379 e. The molecule has 1 saturated heterocycles. The van der Waals surface area contributed by atoms with Gasteiger partial charge in [0.25, 0.3) is 0 Å². The summed E-state index contributed by atoms with van der Waals surface area (Å²) < 4.78 is 5.56. The molecule has 0 radical (unpaired) electrons. The standard InChI is InChI=1S/C21H25NO2/c1-18(23)16-21(20-10-6-3-7-11-20,22-12-14-24-15-13-22)17-19-8-4-2-5-9-19/h2-11H,12-17H2,1H3. The molecular weight excluding hydrogens is 298 g/mol. The third kappa shape index (κ3) is 3.74. The minimum Gasteiger partial charge on any atom is -0.379 e. The van der Waals surface area contributed by atoms with E-state index in [-0.39, 0.29) is 11.3 Å². The maximum absolute atomic E-state index is 12.2. The number of rotatable bonds is 6. The topological polar surface area (TPSA) is 29.5 Å². The molecule has 3 rings (SSSR count). The highest BCUT2D eigenvalue weighted by Gasteiger charge is 2.40. The molecule has 0 saturated carbocycles. The fraction of sp³-hybridized carbons (Fsp3) is 0.381. The molecule has 0 N–H and O–H groups in total. The van der Waals surface area contributed by atoms with Gasteiger partial charge in [-0.05, 0) is 24.5 Å². The van der Waals surface area contributed by atoms with Crippen molar-refractivity contribution in [3.8, 4) is 0 Å². The quantitative estimate of drug-likeness (QED) is 0.815. The van der Waals surface area contributed by atoms with E-state index in [1.807, 2.05) is 12.1 Å². The van der Waals surface area contributed by atoms with Crippen molar-refractivity contribution in [2.75, 3.05) is 26.3 Å². The first-order valence-electron chi connectivity index (χ1n) is 8.62. The Morgan fingerprint density at radius 2 is 1.58 bits per heavy atom. The number of morpholine rings is 1. The number of carbonyl (C=O) groups is 1. The molecule has 1 aliphatic heterocycles. The molecular formula is C21H25NO2. The molecule has 1 heterocycles. The maximum atomic E-state index is 12.2. The van der Waals surface area contributed by atoms with Crippen molar-refractivity contribution in [2.45, 2.75) is 25.3 Å². The zero-order valence-corrected chi connectivity index (χ0v) is 14.3. The number of hydrogen-bond acceptors (Lipinski definition) is 3. The van der Waals surface area contributed by atoms with Gasteiger partial charge in [0.1, 0.15) is 5.78 Å². The van der Waals surface area contributed by atoms with Crippen LogP contribution in [0.25, 0.3) is 0 Å². The van der Waals surface area contributed by atoms with Crippen LogP contribution in [0.3, 0.4) is 0 Å². The fourth-order valence-corrected chi connectivity index (χ4v) is 3.76. The fourth-order valence-electron chi connectivity index (χ4n) is 3.76. The van der Waals surface area contributed by atoms with Crippen LogP contribution in [-0.2, 0) is 21.5 Å². The lowest BCUT2D eigenvalue weighted by atomic mass is 9.78. The second-order valence-electron chi connectivity index (χ2n) is 6.54. The number of nitrogens with zero attached hydrogens (tertiary/aromatic N) is 1. The normalized spacial score (nSPS) is 18.0. The summed E-state index contributed by atoms with van der Waals surface area (Å²) in [6.45, 7) is 4.86. The lowest BCUT2D eigenvalue weighted by Gasteiger charge is -2.46. The summed E-state index contributed by atoms with van der Waals surface area (Å²) in [6, 6.07) is 20.9. The second kappa shape index (κ2) is 7.73. The predicted molar refractivity (Wildman–Crippen MR) is 96.0 cm³/mol. The first kappa shape index (κ1) is 16.9. The van der Waals surface area contributed by atoms with Gasteiger partial charge in [-0.2, -0.15) is 0 Å². The molecule has 2 aromatic rings. The van der Waals surface area contributed by atoms with E-state index in [1.54, 1.807) is 6.92 Å². The van der Waals surface area contributed by atoms with E-state index in [0.29, 0.717) is 6.42 Å². The molecule has 1 unspecified atom stereocenters. The highest BCUT2D eigenvalue weighted by Crippen LogP contribution is 2.37. The molecule has 0 amide bonds. The molecule has 0 spiro atoms. The van der Waals surface area contributed by atoms with Crippen LogP contribution in [0.5, 0.6) is 0 Å². The second-order valence-corrected chi connectivity index (χ2v) is 6.54. The van der Waals surface area contributed by atoms with Gasteiger partial charge in [0.15, 0.2) is 0 Å². The molecule has 0 aliphatic carbocycles. The van der Waals surface area contributed by atoms with E-state index in [4.69, 9.17) is 4.74 Å². The van der Waals surface area contributed by atoms with Crippen LogP contribution in [0, 0.1) is 0 Å². The average Bonchev–Trinajstić information content (AvgIpc) is 2.63. The highest BCUT2D eigenvalue weighted by molar-refractivity contribution is 5.77. The zero-order chi connectivity index (χ0) is 16.8. The summed E-state index contributed by atoms with van der Waals surface area (Å²) in [6.07, 6.45) is 1.35. The van der Waals surface area contributed by atoms with E-state index in [9.17, 15) is 4.79 Å². The third-order valence-electron chi connectivity index (χ3n) is 4.81. The van der Waals surface area contributed by atoms with Gasteiger partial charge < -0.3 is 4.74 Å². The van der Waals surface area contributed by atoms with Crippen LogP contribution in [0.15, 0.2) is 60.7 Å². The Morgan fingerprint density at radius 1 is 1.00 bits per heavy atom. The number of ketones is 1. The van der Waals surface area contributed by atoms with Gasteiger partial charge in [-0.1, -0.05) is 60.7 Å². The number of benzene rings is 2. The van der Waals surface area contributed by atoms with Crippen molar-refractivity contribution in [1.82, 2.24) is 4.90 Å². The molecule has 3 nitrogen and oxygen atoms in total. The molecule has 126 valence electrons. The summed E-state index contributed by atoms with van der Waals surface area (Å²) in [5.74, 6) is 0.223. The monoisotopic (exact) mass is 323 g/mol. The van der Waals surface area contributed by atoms with Crippen LogP contribution < -0.4 is 0 Å². The van der Waals surface area contributed by atoms with Gasteiger partial charge in [-0.3, -0.25) is 9.69 Å². The van der Waals surface area contributed by atoms with Crippen molar-refractivity contribution >= 4 is 5.78 Å². The van der Waals surface area contributed by atoms with Gasteiger partial charge in [-0.15, -0.1) is 0 Å². The van der Waals surface area contributed by atoms with Gasteiger partial charge in [0.05, 0.1) is 18.8 Å². The van der Waals surface area contributed by atoms with E-state index < -0.39 is 0 Å². The molecule has 1 fully saturated rings. The van der Waals surface area contributed by atoms with Crippen LogP contribution in [0.1, 0.15) is 24.5 Å². The lowest BCUT2D eigenvalue weighted by molar-refractivity contribution is -0.121. The van der Waals surface area contributed by atoms with Gasteiger partial charge in [0.2, 0.25) is 0 Å². The minimum atomic E-state index is -0.307. The van der Waals surface area contributed by atoms with Gasteiger partial charge >= 0.3 is 0 Å². The number of Topliss-reactive ketones (excluding diaryl/α,β-unsaturated/α-hetero) is 1. The highest BCUT2D eigenvalue weighted by atomic mass is 16.5. The lowest BCUT2D eigenvalue weighted by Crippen LogP contribution is -2.53. The van der Waals surface area contributed by atoms with Gasteiger partial charge in [-0.25, -0.2) is 0 Å². The van der Waals surface area contributed by atoms with Crippen molar-refractivity contribution in [3.05, 3.63) is 71.8 Å². The van der Waals surface area contributed by atoms with E-state index in [0.717, 1.165) is 32.7 Å². The average molecular weight is 323 g/mol. The predicted octanol–water partition coefficient (Wildman–Crippen LogP) is 3.44. The summed E-state index contributed by atoms with van der Waals surface area (Å²) >= 11 is 0. The van der Waals surface area contributed by atoms with Crippen LogP contribution in [0.4, 0.5) is 0 Å². The Labute approximate surface area is 144 Å². The Balaban J connectivity index is 2.06. The summed E-state index contributed by atoms with van der Waals surface area (Å²) in [5, 5.41) is 0. The number of hydrogen-bond donors (Lipinski definition) is 0. The Morgan fingerprint density at radius 3 is 2.17 bits per heavy atom. The molecule has 24 heavy (non-hydrogen) atoms. The SMILES string of the molecule is CC(=O)CC(Cc1ccccc1)(c1ccccc1)N1CCOCC1. The zero-order valence-electron chi connectivity index (χ0n) is 14.3. The Bertz CT molecular complexity index is 650. The van der Waals surface area contributed by atoms with Crippen molar-refractivity contribution < 1.29 is 9.53 Å². The Hall–Kier alpha value is -1.97. The third-order valence-corrected chi connectivity index (χ3v) is 4.81. The van der Waals surface area contributed by atoms with E-state index >= 15 is 0 Å². The summed E-state index contributed by atoms with van der Waals surface area (Å²) in [5.41, 5.74) is 2.16. The van der Waals surface area contributed by atoms with E-state index in [1.165, 1.54) is 11.1 Å². The van der Waals surface area contributed by atoms with Gasteiger partial charge in [0, 0.05) is 19.5 Å². The first-order chi connectivity index (χ1) is 11.7. The summed E-state index contributed by atoms with van der Waals surface area (Å²) in [4.78, 5) is 14.7. The van der Waals surface area contributed by atoms with Crippen LogP contribution in [-0.4, -0.2) is 37.0 Å². The molecule has 1 aliphatic rings. The first-order valence-corrected chi connectivity index (χ1v) is 8.62. The molecule has 1 atom stereocenters. The summed E-state index contributed by atoms with van der Waals surface area (Å²) in [7, 11) is 0. The molecule has 0 bridgehead atoms. The number of carbonyl (C=O) groups excluding carboxylic acids is 1. The minimum absolute atomic E-state index is 0.223. The molecule has 0 aromatic heterocycles. The van der Waals surface area contributed by atoms with E-state index in [2.05, 4.69) is 53.4 Å². The maximum Gasteiger partial charge on any atom is 0.132 e. The number of ether oxygens (including phenoxy) is 1. The van der Waals surface area contributed by atoms with Crippen molar-refractivity contribution in [1.29, 1.82) is 0 Å². The van der Waals surface area contributed by atoms with Crippen molar-refractivity contribution in [2.24, 2.45) is 0 Å².